The van der Waals surface area contributed by atoms with Crippen molar-refractivity contribution >= 4 is 36.6 Å². The molecule has 6 atom stereocenters. The number of nitrogens with two attached hydrogens (primary N) is 1. The van der Waals surface area contributed by atoms with Crippen LogP contribution in [0.4, 0.5) is 16.2 Å². The first-order valence-corrected chi connectivity index (χ1v) is 14.8. The van der Waals surface area contributed by atoms with E-state index in [1.54, 1.807) is 37.3 Å². The summed E-state index contributed by atoms with van der Waals surface area (Å²) < 4.78 is 53.2. The second-order valence-electron chi connectivity index (χ2n) is 10.1. The number of nitrogens with zero attached hydrogens (tertiary/aromatic N) is 4. The van der Waals surface area contributed by atoms with Gasteiger partial charge in [-0.2, -0.15) is 15.1 Å². The maximum absolute atomic E-state index is 16.1. The molecular weight excluding hydrogens is 560 g/mol. The van der Waals surface area contributed by atoms with E-state index in [0.717, 1.165) is 12.8 Å². The zero-order chi connectivity index (χ0) is 29.4. The molecular formula is C25H33FN7O7P. The van der Waals surface area contributed by atoms with E-state index in [4.69, 9.17) is 24.3 Å². The highest BCUT2D eigenvalue weighted by Gasteiger charge is 2.56. The molecule has 1 unspecified atom stereocenters. The number of carbonyl (C=O) groups excluding carboxylic acids is 1. The number of carbonyl (C=O) groups is 1. The normalized spacial score (nSPS) is 26.4. The maximum Gasteiger partial charge on any atom is 0.459 e. The summed E-state index contributed by atoms with van der Waals surface area (Å²) in [4.78, 5) is 25.0. The Bertz CT molecular complexity index is 1440. The van der Waals surface area contributed by atoms with Crippen LogP contribution in [0.2, 0.25) is 0 Å². The van der Waals surface area contributed by atoms with Crippen LogP contribution in [-0.4, -0.2) is 73.8 Å². The molecule has 0 amide bonds. The van der Waals surface area contributed by atoms with Crippen LogP contribution in [-0.2, 0) is 23.4 Å². The van der Waals surface area contributed by atoms with Gasteiger partial charge in [-0.3, -0.25) is 13.9 Å². The van der Waals surface area contributed by atoms with E-state index in [0.29, 0.717) is 11.3 Å². The smallest absolute Gasteiger partial charge is 0.459 e. The van der Waals surface area contributed by atoms with Crippen LogP contribution < -0.4 is 20.7 Å². The van der Waals surface area contributed by atoms with Gasteiger partial charge < -0.3 is 30.2 Å². The topological polar surface area (TPSA) is 185 Å². The van der Waals surface area contributed by atoms with E-state index in [9.17, 15) is 14.5 Å². The van der Waals surface area contributed by atoms with Crippen LogP contribution in [0.25, 0.3) is 11.2 Å². The number of para-hydroxylation sites is 1. The Balaban J connectivity index is 1.36. The molecule has 41 heavy (non-hydrogen) atoms. The summed E-state index contributed by atoms with van der Waals surface area (Å²) in [6, 6.07) is 7.34. The number of hydrogen-bond donors (Lipinski definition) is 4. The lowest BCUT2D eigenvalue weighted by Crippen LogP contribution is -2.41. The Hall–Kier alpha value is -3.36. The van der Waals surface area contributed by atoms with Gasteiger partial charge in [-0.15, -0.1) is 0 Å². The van der Waals surface area contributed by atoms with Crippen molar-refractivity contribution in [2.75, 3.05) is 24.3 Å². The fraction of sp³-hybridized carbons (Fsp3) is 0.520. The van der Waals surface area contributed by atoms with E-state index >= 15 is 4.39 Å². The number of nitrogen functional groups attached to an aromatic ring is 1. The molecule has 2 aliphatic rings. The number of aliphatic hydroxyl groups excluding tert-OH is 1. The van der Waals surface area contributed by atoms with Crippen LogP contribution >= 0.6 is 7.75 Å². The molecule has 2 aromatic heterocycles. The van der Waals surface area contributed by atoms with Gasteiger partial charge in [-0.1, -0.05) is 18.2 Å². The molecule has 0 bridgehead atoms. The highest BCUT2D eigenvalue weighted by Crippen LogP contribution is 2.48. The Morgan fingerprint density at radius 1 is 1.34 bits per heavy atom. The summed E-state index contributed by atoms with van der Waals surface area (Å²) in [6.45, 7) is 3.80. The number of anilines is 2. The van der Waals surface area contributed by atoms with Crippen molar-refractivity contribution in [3.8, 4) is 5.75 Å². The number of aromatic nitrogens is 4. The molecule has 2 fully saturated rings. The van der Waals surface area contributed by atoms with Gasteiger partial charge in [0.15, 0.2) is 28.9 Å². The van der Waals surface area contributed by atoms with Crippen LogP contribution in [0.5, 0.6) is 5.75 Å². The largest absolute Gasteiger partial charge is 0.465 e. The van der Waals surface area contributed by atoms with E-state index in [2.05, 4.69) is 25.4 Å². The summed E-state index contributed by atoms with van der Waals surface area (Å²) in [5.74, 6) is -0.0979. The average molecular weight is 594 g/mol. The van der Waals surface area contributed by atoms with E-state index in [1.807, 2.05) is 0 Å². The predicted molar refractivity (Wildman–Crippen MR) is 146 cm³/mol. The molecule has 1 aromatic carbocycles. The number of halogens is 1. The SMILES string of the molecule is CCOC(=O)[C@H](C)NP(=O)(OC[C@H]1O[C@@H](n2cnc3c(NC4CC4)nc(N)nc32)[C@](C)(F)[C@@H]1O)Oc1ccccc1. The van der Waals surface area contributed by atoms with E-state index < -0.39 is 50.5 Å². The Morgan fingerprint density at radius 2 is 2.07 bits per heavy atom. The number of imidazole rings is 1. The Kier molecular flexibility index (Phi) is 8.17. The molecule has 0 radical (unpaired) electrons. The monoisotopic (exact) mass is 593 g/mol. The van der Waals surface area contributed by atoms with Crippen molar-refractivity contribution in [3.63, 3.8) is 0 Å². The minimum Gasteiger partial charge on any atom is -0.465 e. The fourth-order valence-corrected chi connectivity index (χ4v) is 5.92. The highest BCUT2D eigenvalue weighted by molar-refractivity contribution is 7.52. The van der Waals surface area contributed by atoms with Crippen molar-refractivity contribution in [3.05, 3.63) is 36.7 Å². The van der Waals surface area contributed by atoms with Gasteiger partial charge >= 0.3 is 13.7 Å². The maximum atomic E-state index is 16.1. The van der Waals surface area contributed by atoms with Crippen molar-refractivity contribution < 1.29 is 37.4 Å². The lowest BCUT2D eigenvalue weighted by molar-refractivity contribution is -0.144. The van der Waals surface area contributed by atoms with Gasteiger partial charge in [0, 0.05) is 6.04 Å². The quantitative estimate of drug-likeness (QED) is 0.178. The van der Waals surface area contributed by atoms with Crippen molar-refractivity contribution in [2.24, 2.45) is 0 Å². The summed E-state index contributed by atoms with van der Waals surface area (Å²) in [7, 11) is -4.26. The summed E-state index contributed by atoms with van der Waals surface area (Å²) in [5.41, 5.74) is 4.16. The third-order valence-corrected chi connectivity index (χ3v) is 8.34. The number of nitrogens with one attached hydrogen (secondary N) is 2. The predicted octanol–water partition coefficient (Wildman–Crippen LogP) is 2.71. The van der Waals surface area contributed by atoms with Crippen molar-refractivity contribution in [1.82, 2.24) is 24.6 Å². The summed E-state index contributed by atoms with van der Waals surface area (Å²) >= 11 is 0. The first-order chi connectivity index (χ1) is 19.5. The zero-order valence-corrected chi connectivity index (χ0v) is 23.7. The molecule has 1 saturated carbocycles. The van der Waals surface area contributed by atoms with E-state index in [-0.39, 0.29) is 30.0 Å². The lowest BCUT2D eigenvalue weighted by Gasteiger charge is -2.25. The van der Waals surface area contributed by atoms with Crippen LogP contribution in [0.3, 0.4) is 0 Å². The molecule has 5 N–H and O–H groups in total. The fourth-order valence-electron chi connectivity index (χ4n) is 4.42. The molecule has 14 nitrogen and oxygen atoms in total. The second-order valence-corrected chi connectivity index (χ2v) is 11.8. The molecule has 3 aromatic rings. The average Bonchev–Trinajstić information content (AvgIpc) is 3.59. The Labute approximate surface area is 235 Å². The number of rotatable bonds is 12. The minimum atomic E-state index is -4.26. The van der Waals surface area contributed by atoms with Gasteiger partial charge in [-0.25, -0.2) is 13.9 Å². The number of alkyl halides is 1. The second kappa shape index (κ2) is 11.5. The molecule has 5 rings (SSSR count). The third-order valence-electron chi connectivity index (χ3n) is 6.70. The van der Waals surface area contributed by atoms with Crippen LogP contribution in [0.1, 0.15) is 39.8 Å². The van der Waals surface area contributed by atoms with Gasteiger partial charge in [0.25, 0.3) is 0 Å². The third kappa shape index (κ3) is 6.28. The molecule has 1 aliphatic heterocycles. The van der Waals surface area contributed by atoms with Crippen LogP contribution in [0.15, 0.2) is 36.7 Å². The van der Waals surface area contributed by atoms with Crippen molar-refractivity contribution in [2.45, 2.75) is 69.8 Å². The molecule has 1 saturated heterocycles. The number of benzene rings is 1. The number of fused-ring (bicyclic) bond motifs is 1. The zero-order valence-electron chi connectivity index (χ0n) is 22.8. The number of ether oxygens (including phenoxy) is 2. The number of esters is 1. The summed E-state index contributed by atoms with van der Waals surface area (Å²) in [6.07, 6.45) is -1.08. The molecule has 16 heteroatoms. The van der Waals surface area contributed by atoms with Crippen molar-refractivity contribution in [1.29, 1.82) is 0 Å². The van der Waals surface area contributed by atoms with E-state index in [1.165, 1.54) is 24.7 Å². The standard InChI is InChI=1S/C25H33FN7O7P/c1-4-37-22(35)14(2)32-41(36,40-16-8-6-5-7-9-16)38-12-17-19(34)25(3,26)23(39-17)33-13-28-18-20(29-15-10-11-15)30-24(27)31-21(18)33/h5-9,13-15,17,19,23,34H,4,10-12H2,1-3H3,(H,32,36)(H3,27,29,30,31)/t14-,17+,19+,23+,25+,41?/m0/s1. The summed E-state index contributed by atoms with van der Waals surface area (Å²) in [5, 5.41) is 16.7. The first-order valence-electron chi connectivity index (χ1n) is 13.2. The van der Waals surface area contributed by atoms with Gasteiger partial charge in [-0.05, 0) is 45.7 Å². The van der Waals surface area contributed by atoms with Gasteiger partial charge in [0.1, 0.15) is 24.0 Å². The lowest BCUT2D eigenvalue weighted by atomic mass is 9.98. The minimum absolute atomic E-state index is 0.0396. The Morgan fingerprint density at radius 3 is 2.76 bits per heavy atom. The number of aliphatic hydroxyl groups is 1. The first kappa shape index (κ1) is 29.1. The van der Waals surface area contributed by atoms with Crippen LogP contribution in [0, 0.1) is 0 Å². The molecule has 222 valence electrons. The number of hydrogen-bond acceptors (Lipinski definition) is 12. The molecule has 1 aliphatic carbocycles. The van der Waals surface area contributed by atoms with Gasteiger partial charge in [0.05, 0.1) is 19.5 Å². The highest BCUT2D eigenvalue weighted by atomic mass is 31.2. The van der Waals surface area contributed by atoms with Gasteiger partial charge in [0.2, 0.25) is 5.95 Å². The molecule has 3 heterocycles. The molecule has 0 spiro atoms.